The predicted octanol–water partition coefficient (Wildman–Crippen LogP) is 3.47. The molecule has 23 heavy (non-hydrogen) atoms. The number of anilines is 2. The van der Waals surface area contributed by atoms with Crippen molar-refractivity contribution in [1.82, 2.24) is 0 Å². The van der Waals surface area contributed by atoms with Crippen molar-refractivity contribution >= 4 is 23.2 Å². The molecule has 5 heteroatoms. The monoisotopic (exact) mass is 312 g/mol. The van der Waals surface area contributed by atoms with E-state index in [0.717, 1.165) is 17.7 Å². The minimum absolute atomic E-state index is 0.0122. The number of benzene rings is 1. The number of nitrogens with zero attached hydrogens (tertiary/aromatic N) is 1. The van der Waals surface area contributed by atoms with E-state index >= 15 is 0 Å². The summed E-state index contributed by atoms with van der Waals surface area (Å²) in [5, 5.41) is 2.90. The van der Waals surface area contributed by atoms with Gasteiger partial charge in [0.05, 0.1) is 6.26 Å². The summed E-state index contributed by atoms with van der Waals surface area (Å²) in [6.45, 7) is 4.64. The number of hydrogen-bond donors (Lipinski definition) is 1. The van der Waals surface area contributed by atoms with Crippen LogP contribution in [-0.4, -0.2) is 18.4 Å². The fourth-order valence-electron chi connectivity index (χ4n) is 2.78. The maximum Gasteiger partial charge on any atom is 0.293 e. The van der Waals surface area contributed by atoms with Crippen LogP contribution in [0.4, 0.5) is 11.4 Å². The Balaban J connectivity index is 1.80. The average Bonchev–Trinajstić information content (AvgIpc) is 3.15. The quantitative estimate of drug-likeness (QED) is 0.940. The molecule has 1 N–H and O–H groups in total. The smallest absolute Gasteiger partial charge is 0.293 e. The fourth-order valence-corrected chi connectivity index (χ4v) is 2.78. The van der Waals surface area contributed by atoms with Gasteiger partial charge in [-0.1, -0.05) is 19.9 Å². The summed E-state index contributed by atoms with van der Waals surface area (Å²) in [5.41, 5.74) is 2.66. The van der Waals surface area contributed by atoms with Crippen molar-refractivity contribution in [2.75, 3.05) is 16.8 Å². The summed E-state index contributed by atoms with van der Waals surface area (Å²) >= 11 is 0. The van der Waals surface area contributed by atoms with Crippen molar-refractivity contribution in [3.05, 3.63) is 47.9 Å². The minimum Gasteiger partial charge on any atom is -0.459 e. The van der Waals surface area contributed by atoms with Gasteiger partial charge in [-0.05, 0) is 42.2 Å². The first-order valence-electron chi connectivity index (χ1n) is 7.82. The highest BCUT2D eigenvalue weighted by molar-refractivity contribution is 6.06. The van der Waals surface area contributed by atoms with E-state index in [0.29, 0.717) is 30.3 Å². The molecular formula is C18H20N2O3. The van der Waals surface area contributed by atoms with Crippen molar-refractivity contribution < 1.29 is 14.0 Å². The summed E-state index contributed by atoms with van der Waals surface area (Å²) in [4.78, 5) is 26.1. The second kappa shape index (κ2) is 6.28. The van der Waals surface area contributed by atoms with Crippen molar-refractivity contribution in [2.45, 2.75) is 26.7 Å². The predicted molar refractivity (Wildman–Crippen MR) is 88.6 cm³/mol. The fraction of sp³-hybridized carbons (Fsp3) is 0.333. The molecule has 0 atom stereocenters. The van der Waals surface area contributed by atoms with Crippen molar-refractivity contribution in [2.24, 2.45) is 5.92 Å². The molecule has 5 nitrogen and oxygen atoms in total. The molecule has 1 aliphatic rings. The molecule has 2 heterocycles. The Hall–Kier alpha value is -2.56. The van der Waals surface area contributed by atoms with Crippen LogP contribution in [0.2, 0.25) is 0 Å². The van der Waals surface area contributed by atoms with Gasteiger partial charge in [0.2, 0.25) is 5.91 Å². The van der Waals surface area contributed by atoms with E-state index in [-0.39, 0.29) is 11.8 Å². The standard InChI is InChI=1S/C18H20N2O3/c1-12(2)10-17(21)19-14-6-5-13-7-8-20(15(13)11-14)18(22)16-4-3-9-23-16/h3-6,9,11-12H,7-8,10H2,1-2H3,(H,19,21). The van der Waals surface area contributed by atoms with Crippen LogP contribution in [0.5, 0.6) is 0 Å². The van der Waals surface area contributed by atoms with Gasteiger partial charge in [-0.2, -0.15) is 0 Å². The van der Waals surface area contributed by atoms with E-state index in [9.17, 15) is 9.59 Å². The molecule has 0 saturated heterocycles. The Labute approximate surface area is 135 Å². The second-order valence-corrected chi connectivity index (χ2v) is 6.17. The first-order chi connectivity index (χ1) is 11.0. The van der Waals surface area contributed by atoms with Gasteiger partial charge in [0.15, 0.2) is 5.76 Å². The molecule has 3 rings (SSSR count). The van der Waals surface area contributed by atoms with Crippen LogP contribution in [0.25, 0.3) is 0 Å². The molecule has 0 aliphatic carbocycles. The maximum atomic E-state index is 12.5. The van der Waals surface area contributed by atoms with Crippen LogP contribution in [0.15, 0.2) is 41.0 Å². The first-order valence-corrected chi connectivity index (χ1v) is 7.82. The molecule has 0 unspecified atom stereocenters. The van der Waals surface area contributed by atoms with Gasteiger partial charge in [-0.3, -0.25) is 9.59 Å². The Kier molecular flexibility index (Phi) is 4.19. The lowest BCUT2D eigenvalue weighted by molar-refractivity contribution is -0.116. The minimum atomic E-state index is -0.153. The van der Waals surface area contributed by atoms with Gasteiger partial charge in [0.25, 0.3) is 5.91 Å². The molecule has 2 aromatic rings. The molecular weight excluding hydrogens is 292 g/mol. The number of rotatable bonds is 4. The number of amides is 2. The highest BCUT2D eigenvalue weighted by Crippen LogP contribution is 2.32. The van der Waals surface area contributed by atoms with Gasteiger partial charge in [0, 0.05) is 24.3 Å². The zero-order valence-corrected chi connectivity index (χ0v) is 13.3. The Morgan fingerprint density at radius 3 is 2.83 bits per heavy atom. The molecule has 0 fully saturated rings. The Morgan fingerprint density at radius 2 is 2.13 bits per heavy atom. The van der Waals surface area contributed by atoms with Crippen LogP contribution in [0, 0.1) is 5.92 Å². The number of hydrogen-bond acceptors (Lipinski definition) is 3. The summed E-state index contributed by atoms with van der Waals surface area (Å²) in [6, 6.07) is 9.08. The van der Waals surface area contributed by atoms with E-state index in [2.05, 4.69) is 5.32 Å². The molecule has 0 saturated carbocycles. The van der Waals surface area contributed by atoms with Crippen molar-refractivity contribution in [3.8, 4) is 0 Å². The zero-order valence-electron chi connectivity index (χ0n) is 13.3. The zero-order chi connectivity index (χ0) is 16.4. The van der Waals surface area contributed by atoms with Crippen molar-refractivity contribution in [3.63, 3.8) is 0 Å². The van der Waals surface area contributed by atoms with Crippen molar-refractivity contribution in [1.29, 1.82) is 0 Å². The number of fused-ring (bicyclic) bond motifs is 1. The molecule has 2 amide bonds. The number of carbonyl (C=O) groups is 2. The lowest BCUT2D eigenvalue weighted by Crippen LogP contribution is -2.28. The van der Waals surface area contributed by atoms with E-state index in [1.165, 1.54) is 6.26 Å². The lowest BCUT2D eigenvalue weighted by Gasteiger charge is -2.17. The third kappa shape index (κ3) is 3.28. The summed E-state index contributed by atoms with van der Waals surface area (Å²) in [5.74, 6) is 0.467. The van der Waals surface area contributed by atoms with E-state index in [1.807, 2.05) is 32.0 Å². The van der Waals surface area contributed by atoms with Gasteiger partial charge in [-0.15, -0.1) is 0 Å². The summed E-state index contributed by atoms with van der Waals surface area (Å²) < 4.78 is 5.20. The van der Waals surface area contributed by atoms with Crippen LogP contribution in [-0.2, 0) is 11.2 Å². The van der Waals surface area contributed by atoms with Gasteiger partial charge >= 0.3 is 0 Å². The highest BCUT2D eigenvalue weighted by atomic mass is 16.3. The molecule has 120 valence electrons. The van der Waals surface area contributed by atoms with Crippen LogP contribution >= 0.6 is 0 Å². The highest BCUT2D eigenvalue weighted by Gasteiger charge is 2.27. The summed E-state index contributed by atoms with van der Waals surface area (Å²) in [7, 11) is 0. The molecule has 1 aromatic carbocycles. The molecule has 1 aromatic heterocycles. The van der Waals surface area contributed by atoms with Gasteiger partial charge < -0.3 is 14.6 Å². The maximum absolute atomic E-state index is 12.5. The van der Waals surface area contributed by atoms with Crippen LogP contribution in [0.3, 0.4) is 0 Å². The SMILES string of the molecule is CC(C)CC(=O)Nc1ccc2c(c1)N(C(=O)c1ccco1)CC2. The number of carbonyl (C=O) groups excluding carboxylic acids is 2. The topological polar surface area (TPSA) is 62.6 Å². The third-order valence-electron chi connectivity index (χ3n) is 3.84. The van der Waals surface area contributed by atoms with E-state index < -0.39 is 0 Å². The van der Waals surface area contributed by atoms with Crippen LogP contribution in [0.1, 0.15) is 36.4 Å². The summed E-state index contributed by atoms with van der Waals surface area (Å²) in [6.07, 6.45) is 2.78. The largest absolute Gasteiger partial charge is 0.459 e. The molecule has 0 radical (unpaired) electrons. The lowest BCUT2D eigenvalue weighted by atomic mass is 10.1. The molecule has 1 aliphatic heterocycles. The third-order valence-corrected chi connectivity index (χ3v) is 3.84. The molecule has 0 bridgehead atoms. The first kappa shape index (κ1) is 15.3. The van der Waals surface area contributed by atoms with E-state index in [4.69, 9.17) is 4.42 Å². The van der Waals surface area contributed by atoms with Crippen LogP contribution < -0.4 is 10.2 Å². The van der Waals surface area contributed by atoms with E-state index in [1.54, 1.807) is 17.0 Å². The normalized spacial score (nSPS) is 13.3. The second-order valence-electron chi connectivity index (χ2n) is 6.17. The number of nitrogens with one attached hydrogen (secondary N) is 1. The number of furan rings is 1. The Morgan fingerprint density at radius 1 is 1.30 bits per heavy atom. The Bertz CT molecular complexity index is 720. The van der Waals surface area contributed by atoms with Gasteiger partial charge in [-0.25, -0.2) is 0 Å². The molecule has 0 spiro atoms. The average molecular weight is 312 g/mol. The van der Waals surface area contributed by atoms with Gasteiger partial charge in [0.1, 0.15) is 0 Å².